The Morgan fingerprint density at radius 2 is 2.17 bits per heavy atom. The molecule has 0 aliphatic rings. The first kappa shape index (κ1) is 11.0. The molecule has 0 saturated carbocycles. The van der Waals surface area contributed by atoms with Crippen molar-refractivity contribution in [1.82, 2.24) is 0 Å². The van der Waals surface area contributed by atoms with Gasteiger partial charge in [-0.05, 0) is 26.2 Å². The molecule has 0 heterocycles. The normalized spacial score (nSPS) is 15.1. The highest BCUT2D eigenvalue weighted by atomic mass is 16.4. The Morgan fingerprint density at radius 3 is 2.58 bits per heavy atom. The Labute approximate surface area is 73.6 Å². The number of rotatable bonds is 4. The molecule has 0 aliphatic carbocycles. The number of carboxylic acid groups (broad SMARTS) is 1. The van der Waals surface area contributed by atoms with Gasteiger partial charge in [0.05, 0.1) is 0 Å². The Bertz CT molecular complexity index is 202. The lowest BCUT2D eigenvalue weighted by Gasteiger charge is -2.04. The summed E-state index contributed by atoms with van der Waals surface area (Å²) in [4.78, 5) is 10.3. The van der Waals surface area contributed by atoms with Gasteiger partial charge >= 0.3 is 5.97 Å². The van der Waals surface area contributed by atoms with Crippen molar-refractivity contribution in [2.24, 2.45) is 5.92 Å². The standard InChI is InChI=1S/C10H16O2/c1-4-5-8(2)6-9(3)7-10(11)12/h4-5,7-8H,6H2,1-3H3,(H,11,12)/b5-4+,9-7+. The van der Waals surface area contributed by atoms with E-state index in [0.717, 1.165) is 12.0 Å². The minimum absolute atomic E-state index is 0.422. The van der Waals surface area contributed by atoms with Gasteiger partial charge in [0.25, 0.3) is 0 Å². The number of allylic oxidation sites excluding steroid dienone is 3. The van der Waals surface area contributed by atoms with Crippen molar-refractivity contribution in [1.29, 1.82) is 0 Å². The SMILES string of the molecule is C/C=C/C(C)C/C(C)=C/C(=O)O. The molecule has 0 fully saturated rings. The van der Waals surface area contributed by atoms with E-state index in [1.54, 1.807) is 0 Å². The van der Waals surface area contributed by atoms with Gasteiger partial charge in [-0.2, -0.15) is 0 Å². The van der Waals surface area contributed by atoms with Crippen LogP contribution >= 0.6 is 0 Å². The second kappa shape index (κ2) is 5.58. The van der Waals surface area contributed by atoms with E-state index in [4.69, 9.17) is 5.11 Å². The van der Waals surface area contributed by atoms with Crippen LogP contribution < -0.4 is 0 Å². The van der Waals surface area contributed by atoms with Gasteiger partial charge in [0.2, 0.25) is 0 Å². The summed E-state index contributed by atoms with van der Waals surface area (Å²) >= 11 is 0. The van der Waals surface area contributed by atoms with E-state index in [9.17, 15) is 4.79 Å². The number of hydrogen-bond donors (Lipinski definition) is 1. The maximum atomic E-state index is 10.3. The minimum Gasteiger partial charge on any atom is -0.478 e. The number of carbonyl (C=O) groups is 1. The Morgan fingerprint density at radius 1 is 1.58 bits per heavy atom. The summed E-state index contributed by atoms with van der Waals surface area (Å²) in [5.41, 5.74) is 0.910. The van der Waals surface area contributed by atoms with Crippen LogP contribution in [-0.2, 0) is 4.79 Å². The van der Waals surface area contributed by atoms with Crippen molar-refractivity contribution in [3.05, 3.63) is 23.8 Å². The van der Waals surface area contributed by atoms with Crippen molar-refractivity contribution in [3.63, 3.8) is 0 Å². The van der Waals surface area contributed by atoms with Crippen molar-refractivity contribution in [2.75, 3.05) is 0 Å². The summed E-state index contributed by atoms with van der Waals surface area (Å²) in [6, 6.07) is 0. The average molecular weight is 168 g/mol. The number of carboxylic acids is 1. The van der Waals surface area contributed by atoms with Crippen molar-refractivity contribution in [2.45, 2.75) is 27.2 Å². The van der Waals surface area contributed by atoms with E-state index < -0.39 is 5.97 Å². The van der Waals surface area contributed by atoms with Crippen LogP contribution in [0.4, 0.5) is 0 Å². The Hall–Kier alpha value is -1.05. The first-order valence-corrected chi connectivity index (χ1v) is 4.09. The molecule has 1 atom stereocenters. The van der Waals surface area contributed by atoms with Crippen molar-refractivity contribution in [3.8, 4) is 0 Å². The van der Waals surface area contributed by atoms with Gasteiger partial charge < -0.3 is 5.11 Å². The summed E-state index contributed by atoms with van der Waals surface area (Å²) < 4.78 is 0. The van der Waals surface area contributed by atoms with Crippen LogP contribution in [0, 0.1) is 5.92 Å². The lowest BCUT2D eigenvalue weighted by Crippen LogP contribution is -1.94. The number of hydrogen-bond acceptors (Lipinski definition) is 1. The zero-order chi connectivity index (χ0) is 9.56. The van der Waals surface area contributed by atoms with Crippen LogP contribution in [0.2, 0.25) is 0 Å². The molecule has 0 rings (SSSR count). The first-order chi connectivity index (χ1) is 5.56. The van der Waals surface area contributed by atoms with E-state index in [-0.39, 0.29) is 0 Å². The predicted molar refractivity (Wildman–Crippen MR) is 50.0 cm³/mol. The molecule has 0 aromatic heterocycles. The maximum absolute atomic E-state index is 10.3. The minimum atomic E-state index is -0.861. The highest BCUT2D eigenvalue weighted by Crippen LogP contribution is 2.11. The van der Waals surface area contributed by atoms with Gasteiger partial charge in [-0.15, -0.1) is 0 Å². The smallest absolute Gasteiger partial charge is 0.328 e. The van der Waals surface area contributed by atoms with E-state index in [1.165, 1.54) is 6.08 Å². The van der Waals surface area contributed by atoms with Crippen LogP contribution in [0.25, 0.3) is 0 Å². The van der Waals surface area contributed by atoms with Crippen molar-refractivity contribution < 1.29 is 9.90 Å². The van der Waals surface area contributed by atoms with Crippen LogP contribution in [0.15, 0.2) is 23.8 Å². The molecule has 0 saturated heterocycles. The van der Waals surface area contributed by atoms with Crippen LogP contribution in [-0.4, -0.2) is 11.1 Å². The van der Waals surface area contributed by atoms with Gasteiger partial charge in [0, 0.05) is 6.08 Å². The van der Waals surface area contributed by atoms with Crippen LogP contribution in [0.1, 0.15) is 27.2 Å². The largest absolute Gasteiger partial charge is 0.478 e. The molecule has 2 heteroatoms. The molecule has 0 amide bonds. The van der Waals surface area contributed by atoms with E-state index in [1.807, 2.05) is 19.9 Å². The molecule has 1 unspecified atom stereocenters. The quantitative estimate of drug-likeness (QED) is 0.517. The van der Waals surface area contributed by atoms with Gasteiger partial charge in [-0.1, -0.05) is 24.6 Å². The number of aliphatic carboxylic acids is 1. The fourth-order valence-electron chi connectivity index (χ4n) is 1.17. The second-order valence-corrected chi connectivity index (χ2v) is 3.04. The molecule has 0 spiro atoms. The lowest BCUT2D eigenvalue weighted by molar-refractivity contribution is -0.131. The molecule has 0 radical (unpaired) electrons. The molecule has 0 aromatic carbocycles. The first-order valence-electron chi connectivity index (χ1n) is 4.09. The topological polar surface area (TPSA) is 37.3 Å². The zero-order valence-corrected chi connectivity index (χ0v) is 7.87. The van der Waals surface area contributed by atoms with E-state index >= 15 is 0 Å². The fourth-order valence-corrected chi connectivity index (χ4v) is 1.17. The third kappa shape index (κ3) is 5.71. The van der Waals surface area contributed by atoms with Gasteiger partial charge in [0.1, 0.15) is 0 Å². The highest BCUT2D eigenvalue weighted by molar-refractivity contribution is 5.80. The fraction of sp³-hybridized carbons (Fsp3) is 0.500. The highest BCUT2D eigenvalue weighted by Gasteiger charge is 1.99. The average Bonchev–Trinajstić information content (AvgIpc) is 1.84. The Balaban J connectivity index is 3.99. The molecule has 0 aliphatic heterocycles. The molecule has 0 aromatic rings. The molecule has 0 bridgehead atoms. The zero-order valence-electron chi connectivity index (χ0n) is 7.87. The molecule has 68 valence electrons. The molecule has 1 N–H and O–H groups in total. The maximum Gasteiger partial charge on any atom is 0.328 e. The van der Waals surface area contributed by atoms with Gasteiger partial charge in [0.15, 0.2) is 0 Å². The van der Waals surface area contributed by atoms with E-state index in [2.05, 4.69) is 13.0 Å². The third-order valence-electron chi connectivity index (χ3n) is 1.53. The monoisotopic (exact) mass is 168 g/mol. The van der Waals surface area contributed by atoms with Gasteiger partial charge in [-0.3, -0.25) is 0 Å². The molecule has 2 nitrogen and oxygen atoms in total. The predicted octanol–water partition coefficient (Wildman–Crippen LogP) is 2.62. The van der Waals surface area contributed by atoms with Crippen LogP contribution in [0.3, 0.4) is 0 Å². The van der Waals surface area contributed by atoms with Gasteiger partial charge in [-0.25, -0.2) is 4.79 Å². The third-order valence-corrected chi connectivity index (χ3v) is 1.53. The molecule has 12 heavy (non-hydrogen) atoms. The second-order valence-electron chi connectivity index (χ2n) is 3.04. The summed E-state index contributed by atoms with van der Waals surface area (Å²) in [7, 11) is 0. The summed E-state index contributed by atoms with van der Waals surface area (Å²) in [6.45, 7) is 5.88. The summed E-state index contributed by atoms with van der Waals surface area (Å²) in [5, 5.41) is 8.43. The molecular formula is C10H16O2. The van der Waals surface area contributed by atoms with E-state index in [0.29, 0.717) is 5.92 Å². The summed E-state index contributed by atoms with van der Waals surface area (Å²) in [6.07, 6.45) is 6.13. The lowest BCUT2D eigenvalue weighted by atomic mass is 10.0. The summed E-state index contributed by atoms with van der Waals surface area (Å²) in [5.74, 6) is -0.439. The van der Waals surface area contributed by atoms with Crippen molar-refractivity contribution >= 4 is 5.97 Å². The Kier molecular flexibility index (Phi) is 5.09. The molecular weight excluding hydrogens is 152 g/mol. The van der Waals surface area contributed by atoms with Crippen LogP contribution in [0.5, 0.6) is 0 Å².